The van der Waals surface area contributed by atoms with Gasteiger partial charge in [0.2, 0.25) is 5.91 Å². The number of hydrogen-bond acceptors (Lipinski definition) is 3. The van der Waals surface area contributed by atoms with Crippen LogP contribution in [0.25, 0.3) is 0 Å². The van der Waals surface area contributed by atoms with E-state index in [1.165, 1.54) is 19.1 Å². The lowest BCUT2D eigenvalue weighted by molar-refractivity contribution is -0.115. The number of carbonyl (C=O) groups excluding carboxylic acids is 2. The highest BCUT2D eigenvalue weighted by Gasteiger charge is 2.13. The SMILES string of the molecule is CC(=O)c1ccc(NC(=O)CN[C@H](C)c2ccc(F)cc2F)cc1. The summed E-state index contributed by atoms with van der Waals surface area (Å²) >= 11 is 0. The molecule has 0 aromatic heterocycles. The summed E-state index contributed by atoms with van der Waals surface area (Å²) in [5.74, 6) is -1.66. The van der Waals surface area contributed by atoms with Gasteiger partial charge in [-0.25, -0.2) is 8.78 Å². The van der Waals surface area contributed by atoms with Gasteiger partial charge in [-0.3, -0.25) is 9.59 Å². The van der Waals surface area contributed by atoms with E-state index < -0.39 is 17.7 Å². The van der Waals surface area contributed by atoms with Crippen LogP contribution in [0.5, 0.6) is 0 Å². The van der Waals surface area contributed by atoms with Gasteiger partial charge in [0.05, 0.1) is 6.54 Å². The molecule has 6 heteroatoms. The lowest BCUT2D eigenvalue weighted by Gasteiger charge is -2.15. The topological polar surface area (TPSA) is 58.2 Å². The molecule has 0 aliphatic heterocycles. The van der Waals surface area contributed by atoms with Crippen LogP contribution in [0.2, 0.25) is 0 Å². The van der Waals surface area contributed by atoms with Crippen LogP contribution in [-0.2, 0) is 4.79 Å². The lowest BCUT2D eigenvalue weighted by Crippen LogP contribution is -2.30. The molecule has 0 unspecified atom stereocenters. The number of carbonyl (C=O) groups is 2. The van der Waals surface area contributed by atoms with Gasteiger partial charge in [-0.2, -0.15) is 0 Å². The van der Waals surface area contributed by atoms with Gasteiger partial charge in [0.15, 0.2) is 5.78 Å². The Labute approximate surface area is 138 Å². The fourth-order valence-corrected chi connectivity index (χ4v) is 2.20. The molecule has 2 aromatic rings. The number of hydrogen-bond donors (Lipinski definition) is 2. The molecule has 0 bridgehead atoms. The maximum atomic E-state index is 13.7. The predicted molar refractivity (Wildman–Crippen MR) is 87.9 cm³/mol. The number of rotatable bonds is 6. The van der Waals surface area contributed by atoms with Crippen molar-refractivity contribution < 1.29 is 18.4 Å². The van der Waals surface area contributed by atoms with Gasteiger partial charge in [-0.1, -0.05) is 6.07 Å². The first-order valence-electron chi connectivity index (χ1n) is 7.46. The zero-order valence-electron chi connectivity index (χ0n) is 13.4. The second-order valence-corrected chi connectivity index (χ2v) is 5.45. The van der Waals surface area contributed by atoms with Crippen molar-refractivity contribution in [1.82, 2.24) is 5.32 Å². The predicted octanol–water partition coefficient (Wildman–Crippen LogP) is 3.46. The van der Waals surface area contributed by atoms with Crippen LogP contribution in [-0.4, -0.2) is 18.2 Å². The van der Waals surface area contributed by atoms with Gasteiger partial charge in [0.1, 0.15) is 11.6 Å². The van der Waals surface area contributed by atoms with Crippen molar-refractivity contribution in [3.8, 4) is 0 Å². The summed E-state index contributed by atoms with van der Waals surface area (Å²) in [5, 5.41) is 5.55. The first-order chi connectivity index (χ1) is 11.4. The largest absolute Gasteiger partial charge is 0.325 e. The fraction of sp³-hybridized carbons (Fsp3) is 0.222. The molecule has 0 spiro atoms. The second kappa shape index (κ2) is 7.79. The van der Waals surface area contributed by atoms with Crippen molar-refractivity contribution in [2.75, 3.05) is 11.9 Å². The van der Waals surface area contributed by atoms with Gasteiger partial charge < -0.3 is 10.6 Å². The van der Waals surface area contributed by atoms with E-state index >= 15 is 0 Å². The maximum absolute atomic E-state index is 13.7. The van der Waals surface area contributed by atoms with E-state index in [1.54, 1.807) is 31.2 Å². The van der Waals surface area contributed by atoms with E-state index in [1.807, 2.05) is 0 Å². The first kappa shape index (κ1) is 17.7. The van der Waals surface area contributed by atoms with E-state index in [0.29, 0.717) is 11.3 Å². The highest BCUT2D eigenvalue weighted by molar-refractivity contribution is 5.96. The number of ketones is 1. The highest BCUT2D eigenvalue weighted by atomic mass is 19.1. The van der Waals surface area contributed by atoms with Crippen LogP contribution in [0.1, 0.15) is 35.8 Å². The van der Waals surface area contributed by atoms with Crippen molar-refractivity contribution in [2.24, 2.45) is 0 Å². The standard InChI is InChI=1S/C18H18F2N2O2/c1-11(16-8-5-14(19)9-17(16)20)21-10-18(24)22-15-6-3-13(4-7-15)12(2)23/h3-9,11,21H,10H2,1-2H3,(H,22,24)/t11-/m1/s1. The average molecular weight is 332 g/mol. The summed E-state index contributed by atoms with van der Waals surface area (Å²) in [6, 6.07) is 9.41. The smallest absolute Gasteiger partial charge is 0.238 e. The van der Waals surface area contributed by atoms with Crippen molar-refractivity contribution in [2.45, 2.75) is 19.9 Å². The molecular weight excluding hydrogens is 314 g/mol. The minimum Gasteiger partial charge on any atom is -0.325 e. The lowest BCUT2D eigenvalue weighted by atomic mass is 10.1. The zero-order valence-corrected chi connectivity index (χ0v) is 13.4. The molecule has 1 atom stereocenters. The molecule has 4 nitrogen and oxygen atoms in total. The molecule has 0 aliphatic carbocycles. The summed E-state index contributed by atoms with van der Waals surface area (Å²) in [4.78, 5) is 23.1. The summed E-state index contributed by atoms with van der Waals surface area (Å²) in [5.41, 5.74) is 1.41. The van der Waals surface area contributed by atoms with Crippen LogP contribution in [0, 0.1) is 11.6 Å². The quantitative estimate of drug-likeness (QED) is 0.797. The number of amides is 1. The Bertz CT molecular complexity index is 745. The average Bonchev–Trinajstić information content (AvgIpc) is 2.53. The molecule has 1 amide bonds. The normalized spacial score (nSPS) is 11.8. The number of benzene rings is 2. The third kappa shape index (κ3) is 4.70. The first-order valence-corrected chi connectivity index (χ1v) is 7.46. The summed E-state index contributed by atoms with van der Waals surface area (Å²) in [6.45, 7) is 3.12. The fourth-order valence-electron chi connectivity index (χ4n) is 2.20. The Morgan fingerprint density at radius 3 is 2.33 bits per heavy atom. The van der Waals surface area contributed by atoms with Crippen LogP contribution < -0.4 is 10.6 Å². The number of anilines is 1. The van der Waals surface area contributed by atoms with Gasteiger partial charge in [0, 0.05) is 28.9 Å². The Morgan fingerprint density at radius 1 is 1.08 bits per heavy atom. The molecule has 0 fully saturated rings. The molecule has 126 valence electrons. The molecule has 2 rings (SSSR count). The molecule has 24 heavy (non-hydrogen) atoms. The molecular formula is C18H18F2N2O2. The monoisotopic (exact) mass is 332 g/mol. The van der Waals surface area contributed by atoms with Crippen molar-refractivity contribution in [3.05, 3.63) is 65.2 Å². The molecule has 0 radical (unpaired) electrons. The van der Waals surface area contributed by atoms with Crippen LogP contribution in [0.4, 0.5) is 14.5 Å². The molecule has 0 saturated carbocycles. The van der Waals surface area contributed by atoms with Crippen molar-refractivity contribution >= 4 is 17.4 Å². The minimum absolute atomic E-state index is 0.0353. The van der Waals surface area contributed by atoms with Crippen molar-refractivity contribution in [1.29, 1.82) is 0 Å². The summed E-state index contributed by atoms with van der Waals surface area (Å²) in [7, 11) is 0. The second-order valence-electron chi connectivity index (χ2n) is 5.45. The van der Waals surface area contributed by atoms with E-state index in [4.69, 9.17) is 0 Å². The van der Waals surface area contributed by atoms with E-state index in [-0.39, 0.29) is 23.8 Å². The Morgan fingerprint density at radius 2 is 1.75 bits per heavy atom. The van der Waals surface area contributed by atoms with E-state index in [0.717, 1.165) is 6.07 Å². The number of Topliss-reactive ketones (excluding diaryl/α,β-unsaturated/α-hetero) is 1. The van der Waals surface area contributed by atoms with Gasteiger partial charge in [-0.15, -0.1) is 0 Å². The molecule has 0 saturated heterocycles. The van der Waals surface area contributed by atoms with Crippen LogP contribution in [0.3, 0.4) is 0 Å². The molecule has 0 aliphatic rings. The van der Waals surface area contributed by atoms with E-state index in [9.17, 15) is 18.4 Å². The molecule has 2 N–H and O–H groups in total. The van der Waals surface area contributed by atoms with E-state index in [2.05, 4.69) is 10.6 Å². The van der Waals surface area contributed by atoms with Gasteiger partial charge in [-0.05, 0) is 44.2 Å². The highest BCUT2D eigenvalue weighted by Crippen LogP contribution is 2.17. The van der Waals surface area contributed by atoms with Gasteiger partial charge >= 0.3 is 0 Å². The minimum atomic E-state index is -0.657. The summed E-state index contributed by atoms with van der Waals surface area (Å²) in [6.07, 6.45) is 0. The Hall–Kier alpha value is -2.60. The third-order valence-electron chi connectivity index (χ3n) is 3.57. The van der Waals surface area contributed by atoms with Crippen LogP contribution in [0.15, 0.2) is 42.5 Å². The van der Waals surface area contributed by atoms with Crippen LogP contribution >= 0.6 is 0 Å². The van der Waals surface area contributed by atoms with Gasteiger partial charge in [0.25, 0.3) is 0 Å². The zero-order chi connectivity index (χ0) is 17.7. The molecule has 2 aromatic carbocycles. The van der Waals surface area contributed by atoms with Crippen molar-refractivity contribution in [3.63, 3.8) is 0 Å². The molecule has 0 heterocycles. The Kier molecular flexibility index (Phi) is 5.76. The summed E-state index contributed by atoms with van der Waals surface area (Å²) < 4.78 is 26.6. The maximum Gasteiger partial charge on any atom is 0.238 e. The number of halogens is 2. The number of nitrogens with one attached hydrogen (secondary N) is 2. The Balaban J connectivity index is 1.89. The third-order valence-corrected chi connectivity index (χ3v) is 3.57.